The van der Waals surface area contributed by atoms with E-state index in [1.165, 1.54) is 11.8 Å². The summed E-state index contributed by atoms with van der Waals surface area (Å²) in [6.45, 7) is 5.66. The van der Waals surface area contributed by atoms with Crippen LogP contribution in [0.2, 0.25) is 5.02 Å². The van der Waals surface area contributed by atoms with Crippen LogP contribution in [-0.2, 0) is 22.6 Å². The molecule has 0 radical (unpaired) electrons. The van der Waals surface area contributed by atoms with Crippen molar-refractivity contribution < 1.29 is 9.53 Å². The highest BCUT2D eigenvalue weighted by atomic mass is 35.5. The van der Waals surface area contributed by atoms with E-state index in [9.17, 15) is 9.59 Å². The molecule has 0 fully saturated rings. The number of benzene rings is 2. The maximum atomic E-state index is 13.2. The second-order valence-electron chi connectivity index (χ2n) is 7.10. The zero-order valence-electron chi connectivity index (χ0n) is 17.9. The van der Waals surface area contributed by atoms with Crippen molar-refractivity contribution in [2.45, 2.75) is 37.3 Å². The molecule has 0 aliphatic rings. The van der Waals surface area contributed by atoms with E-state index in [4.69, 9.17) is 16.3 Å². The van der Waals surface area contributed by atoms with Gasteiger partial charge < -0.3 is 9.64 Å². The fraction of sp³-hybridized carbons (Fsp3) is 0.348. The molecule has 31 heavy (non-hydrogen) atoms. The Morgan fingerprint density at radius 2 is 2.00 bits per heavy atom. The fourth-order valence-electron chi connectivity index (χ4n) is 3.26. The predicted octanol–water partition coefficient (Wildman–Crippen LogP) is 4.23. The number of carbonyl (C=O) groups is 1. The van der Waals surface area contributed by atoms with Crippen LogP contribution >= 0.6 is 23.4 Å². The van der Waals surface area contributed by atoms with Crippen molar-refractivity contribution in [1.82, 2.24) is 14.5 Å². The van der Waals surface area contributed by atoms with Gasteiger partial charge in [-0.2, -0.15) is 0 Å². The second-order valence-corrected chi connectivity index (χ2v) is 8.85. The molecule has 1 atom stereocenters. The van der Waals surface area contributed by atoms with E-state index in [0.29, 0.717) is 47.3 Å². The second kappa shape index (κ2) is 10.8. The highest BCUT2D eigenvalue weighted by molar-refractivity contribution is 8.00. The third-order valence-electron chi connectivity index (χ3n) is 4.94. The molecule has 1 heterocycles. The average Bonchev–Trinajstić information content (AvgIpc) is 2.77. The van der Waals surface area contributed by atoms with Crippen molar-refractivity contribution in [2.75, 3.05) is 20.3 Å². The van der Waals surface area contributed by atoms with E-state index in [1.54, 1.807) is 29.9 Å². The van der Waals surface area contributed by atoms with Crippen molar-refractivity contribution in [1.29, 1.82) is 0 Å². The number of rotatable bonds is 9. The Bertz CT molecular complexity index is 1100. The van der Waals surface area contributed by atoms with Crippen LogP contribution in [0.5, 0.6) is 0 Å². The van der Waals surface area contributed by atoms with Gasteiger partial charge in [0.25, 0.3) is 5.56 Å². The van der Waals surface area contributed by atoms with Crippen LogP contribution in [0.3, 0.4) is 0 Å². The standard InChI is InChI=1S/C23H26ClN3O3S/c1-4-26(15-17-8-6-5-7-9-17)21(28)16(2)31-23-25-20-14-18(24)10-11-19(20)22(29)27(23)12-13-30-3/h5-11,14,16H,4,12-13,15H2,1-3H3. The molecular weight excluding hydrogens is 434 g/mol. The van der Waals surface area contributed by atoms with Gasteiger partial charge in [-0.25, -0.2) is 4.98 Å². The number of thioether (sulfide) groups is 1. The summed E-state index contributed by atoms with van der Waals surface area (Å²) >= 11 is 7.38. The summed E-state index contributed by atoms with van der Waals surface area (Å²) in [5.74, 6) is -0.00455. The number of halogens is 1. The number of ether oxygens (including phenoxy) is 1. The first-order chi connectivity index (χ1) is 14.9. The molecular formula is C23H26ClN3O3S. The Kier molecular flexibility index (Phi) is 8.12. The number of nitrogens with zero attached hydrogens (tertiary/aromatic N) is 3. The van der Waals surface area contributed by atoms with Gasteiger partial charge in [-0.05, 0) is 37.6 Å². The van der Waals surface area contributed by atoms with Crippen LogP contribution in [-0.4, -0.2) is 45.9 Å². The molecule has 0 spiro atoms. The molecule has 0 aliphatic carbocycles. The third kappa shape index (κ3) is 5.67. The van der Waals surface area contributed by atoms with Crippen molar-refractivity contribution in [2.24, 2.45) is 0 Å². The topological polar surface area (TPSA) is 64.4 Å². The van der Waals surface area contributed by atoms with Gasteiger partial charge in [-0.15, -0.1) is 0 Å². The van der Waals surface area contributed by atoms with Gasteiger partial charge in [-0.3, -0.25) is 14.2 Å². The lowest BCUT2D eigenvalue weighted by molar-refractivity contribution is -0.130. The largest absolute Gasteiger partial charge is 0.383 e. The number of amides is 1. The van der Waals surface area contributed by atoms with Crippen molar-refractivity contribution in [3.8, 4) is 0 Å². The van der Waals surface area contributed by atoms with E-state index in [-0.39, 0.29) is 11.5 Å². The Morgan fingerprint density at radius 3 is 2.68 bits per heavy atom. The number of aromatic nitrogens is 2. The van der Waals surface area contributed by atoms with Crippen molar-refractivity contribution in [3.63, 3.8) is 0 Å². The number of fused-ring (bicyclic) bond motifs is 1. The molecule has 2 aromatic carbocycles. The third-order valence-corrected chi connectivity index (χ3v) is 6.25. The van der Waals surface area contributed by atoms with Crippen LogP contribution < -0.4 is 5.56 Å². The monoisotopic (exact) mass is 459 g/mol. The molecule has 6 nitrogen and oxygen atoms in total. The highest BCUT2D eigenvalue weighted by Gasteiger charge is 2.23. The summed E-state index contributed by atoms with van der Waals surface area (Å²) in [7, 11) is 1.58. The molecule has 0 saturated carbocycles. The van der Waals surface area contributed by atoms with E-state index in [1.807, 2.05) is 49.1 Å². The fourth-order valence-corrected chi connectivity index (χ4v) is 4.44. The maximum absolute atomic E-state index is 13.2. The normalized spacial score (nSPS) is 12.1. The molecule has 0 aliphatic heterocycles. The van der Waals surface area contributed by atoms with Crippen LogP contribution in [0.25, 0.3) is 10.9 Å². The van der Waals surface area contributed by atoms with E-state index >= 15 is 0 Å². The smallest absolute Gasteiger partial charge is 0.262 e. The Balaban J connectivity index is 1.89. The zero-order valence-corrected chi connectivity index (χ0v) is 19.4. The van der Waals surface area contributed by atoms with Crippen LogP contribution in [0, 0.1) is 0 Å². The van der Waals surface area contributed by atoms with Crippen LogP contribution in [0.4, 0.5) is 0 Å². The first-order valence-corrected chi connectivity index (χ1v) is 11.4. The van der Waals surface area contributed by atoms with Gasteiger partial charge in [0, 0.05) is 25.2 Å². The zero-order chi connectivity index (χ0) is 22.4. The quantitative estimate of drug-likeness (QED) is 0.354. The molecule has 1 aromatic heterocycles. The molecule has 8 heteroatoms. The van der Waals surface area contributed by atoms with Gasteiger partial charge in [-0.1, -0.05) is 53.7 Å². The molecule has 1 amide bonds. The number of hydrogen-bond donors (Lipinski definition) is 0. The number of hydrogen-bond acceptors (Lipinski definition) is 5. The summed E-state index contributed by atoms with van der Waals surface area (Å²) < 4.78 is 6.74. The minimum atomic E-state index is -0.416. The Morgan fingerprint density at radius 1 is 1.26 bits per heavy atom. The first-order valence-electron chi connectivity index (χ1n) is 10.1. The first kappa shape index (κ1) is 23.3. The van der Waals surface area contributed by atoms with Gasteiger partial charge in [0.15, 0.2) is 5.16 Å². The highest BCUT2D eigenvalue weighted by Crippen LogP contribution is 2.25. The van der Waals surface area contributed by atoms with Crippen molar-refractivity contribution >= 4 is 40.2 Å². The van der Waals surface area contributed by atoms with E-state index in [2.05, 4.69) is 4.98 Å². The van der Waals surface area contributed by atoms with Crippen LogP contribution in [0.15, 0.2) is 58.5 Å². The lowest BCUT2D eigenvalue weighted by Crippen LogP contribution is -2.36. The van der Waals surface area contributed by atoms with Gasteiger partial charge in [0.1, 0.15) is 0 Å². The maximum Gasteiger partial charge on any atom is 0.262 e. The SMILES string of the molecule is CCN(Cc1ccccc1)C(=O)C(C)Sc1nc2cc(Cl)ccc2c(=O)n1CCOC. The van der Waals surface area contributed by atoms with Gasteiger partial charge in [0.05, 0.1) is 29.3 Å². The summed E-state index contributed by atoms with van der Waals surface area (Å²) in [6.07, 6.45) is 0. The predicted molar refractivity (Wildman–Crippen MR) is 126 cm³/mol. The summed E-state index contributed by atoms with van der Waals surface area (Å²) in [5, 5.41) is 1.06. The minimum Gasteiger partial charge on any atom is -0.383 e. The summed E-state index contributed by atoms with van der Waals surface area (Å²) in [5.41, 5.74) is 1.42. The molecule has 0 N–H and O–H groups in total. The average molecular weight is 460 g/mol. The van der Waals surface area contributed by atoms with E-state index < -0.39 is 5.25 Å². The molecule has 0 saturated heterocycles. The molecule has 1 unspecified atom stereocenters. The van der Waals surface area contributed by atoms with Gasteiger partial charge in [0.2, 0.25) is 5.91 Å². The Hall–Kier alpha value is -2.35. The lowest BCUT2D eigenvalue weighted by Gasteiger charge is -2.25. The van der Waals surface area contributed by atoms with Gasteiger partial charge >= 0.3 is 0 Å². The Labute approximate surface area is 191 Å². The number of carbonyl (C=O) groups excluding carboxylic acids is 1. The summed E-state index contributed by atoms with van der Waals surface area (Å²) in [4.78, 5) is 32.7. The van der Waals surface area contributed by atoms with Crippen molar-refractivity contribution in [3.05, 3.63) is 69.5 Å². The molecule has 3 aromatic rings. The molecule has 164 valence electrons. The van der Waals surface area contributed by atoms with Crippen LogP contribution in [0.1, 0.15) is 19.4 Å². The molecule has 3 rings (SSSR count). The molecule has 0 bridgehead atoms. The minimum absolute atomic E-state index is 0.00455. The lowest BCUT2D eigenvalue weighted by atomic mass is 10.2. The number of methoxy groups -OCH3 is 1. The van der Waals surface area contributed by atoms with E-state index in [0.717, 1.165) is 5.56 Å². The summed E-state index contributed by atoms with van der Waals surface area (Å²) in [6, 6.07) is 14.9.